The molecule has 4 heterocycles. The first kappa shape index (κ1) is 21.7. The van der Waals surface area contributed by atoms with Gasteiger partial charge in [-0.05, 0) is 48.7 Å². The Labute approximate surface area is 196 Å². The number of nitrogens with one attached hydrogen (secondary N) is 2. The number of ether oxygens (including phenoxy) is 1. The lowest BCUT2D eigenvalue weighted by Gasteiger charge is -2.42. The highest BCUT2D eigenvalue weighted by Gasteiger charge is 2.37. The van der Waals surface area contributed by atoms with E-state index in [0.29, 0.717) is 36.8 Å². The Morgan fingerprint density at radius 2 is 1.76 bits per heavy atom. The lowest BCUT2D eigenvalue weighted by molar-refractivity contribution is 0.0589. The van der Waals surface area contributed by atoms with Crippen LogP contribution in [0.4, 0.5) is 16.2 Å². The summed E-state index contributed by atoms with van der Waals surface area (Å²) in [5, 5.41) is 5.38. The second-order valence-corrected chi connectivity index (χ2v) is 8.59. The highest BCUT2D eigenvalue weighted by Crippen LogP contribution is 2.36. The summed E-state index contributed by atoms with van der Waals surface area (Å²) in [6, 6.07) is 15.3. The van der Waals surface area contributed by atoms with Gasteiger partial charge in [0.2, 0.25) is 0 Å². The van der Waals surface area contributed by atoms with Gasteiger partial charge < -0.3 is 24.8 Å². The lowest BCUT2D eigenvalue weighted by Crippen LogP contribution is -2.49. The molecular formula is C25H25N5O4. The van der Waals surface area contributed by atoms with Crippen LogP contribution in [-0.2, 0) is 6.54 Å². The molecule has 2 N–H and O–H groups in total. The molecular weight excluding hydrogens is 434 g/mol. The van der Waals surface area contributed by atoms with Crippen LogP contribution in [0.2, 0.25) is 0 Å². The van der Waals surface area contributed by atoms with Crippen molar-refractivity contribution in [2.75, 3.05) is 30.8 Å². The molecule has 0 saturated carbocycles. The van der Waals surface area contributed by atoms with Crippen molar-refractivity contribution < 1.29 is 14.3 Å². The Balaban J connectivity index is 1.33. The number of pyridine rings is 2. The Bertz CT molecular complexity index is 1290. The van der Waals surface area contributed by atoms with E-state index < -0.39 is 6.03 Å². The van der Waals surface area contributed by atoms with Gasteiger partial charge in [-0.15, -0.1) is 0 Å². The van der Waals surface area contributed by atoms with Crippen LogP contribution < -0.4 is 20.9 Å². The van der Waals surface area contributed by atoms with Crippen LogP contribution >= 0.6 is 0 Å². The zero-order chi connectivity index (χ0) is 23.7. The van der Waals surface area contributed by atoms with Gasteiger partial charge in [-0.3, -0.25) is 14.6 Å². The number of piperidine rings is 1. The number of hydrogen-bond donors (Lipinski definition) is 2. The fourth-order valence-electron chi connectivity index (χ4n) is 4.88. The molecule has 2 aliphatic heterocycles. The molecule has 0 radical (unpaired) electrons. The predicted molar refractivity (Wildman–Crippen MR) is 127 cm³/mol. The first-order valence-corrected chi connectivity index (χ1v) is 11.2. The molecule has 3 aromatic rings. The van der Waals surface area contributed by atoms with Gasteiger partial charge in [0.25, 0.3) is 11.5 Å². The SMILES string of the molecule is COc1ccccc1NC(=O)Nc1ccc2n(c1=O)C[C@H]1C[C@@H]2CN(C(=O)c2ccccn2)C1. The second kappa shape index (κ2) is 9.01. The predicted octanol–water partition coefficient (Wildman–Crippen LogP) is 3.16. The molecule has 0 spiro atoms. The number of rotatable bonds is 4. The molecule has 0 unspecified atom stereocenters. The summed E-state index contributed by atoms with van der Waals surface area (Å²) in [5.41, 5.74) is 1.79. The van der Waals surface area contributed by atoms with E-state index in [-0.39, 0.29) is 29.0 Å². The monoisotopic (exact) mass is 459 g/mol. The van der Waals surface area contributed by atoms with Gasteiger partial charge in [-0.1, -0.05) is 18.2 Å². The topological polar surface area (TPSA) is 106 Å². The number of aromatic nitrogens is 2. The minimum atomic E-state index is -0.523. The van der Waals surface area contributed by atoms with Crippen molar-refractivity contribution in [1.82, 2.24) is 14.5 Å². The van der Waals surface area contributed by atoms with Crippen molar-refractivity contribution >= 4 is 23.3 Å². The van der Waals surface area contributed by atoms with Crippen LogP contribution in [0.15, 0.2) is 65.6 Å². The summed E-state index contributed by atoms with van der Waals surface area (Å²) < 4.78 is 6.99. The number of urea groups is 1. The molecule has 9 nitrogen and oxygen atoms in total. The second-order valence-electron chi connectivity index (χ2n) is 8.59. The van der Waals surface area contributed by atoms with Crippen molar-refractivity contribution in [2.45, 2.75) is 18.9 Å². The molecule has 2 aliphatic rings. The smallest absolute Gasteiger partial charge is 0.323 e. The maximum absolute atomic E-state index is 13.2. The molecule has 0 aliphatic carbocycles. The number of fused-ring (bicyclic) bond motifs is 4. The van der Waals surface area contributed by atoms with Crippen LogP contribution in [0.3, 0.4) is 0 Å². The van der Waals surface area contributed by atoms with Gasteiger partial charge in [0, 0.05) is 37.4 Å². The average Bonchev–Trinajstić information content (AvgIpc) is 2.86. The summed E-state index contributed by atoms with van der Waals surface area (Å²) in [5.74, 6) is 0.661. The van der Waals surface area contributed by atoms with Crippen LogP contribution in [0.25, 0.3) is 0 Å². The number of carbonyl (C=O) groups excluding carboxylic acids is 2. The van der Waals surface area contributed by atoms with Crippen molar-refractivity contribution in [3.8, 4) is 5.75 Å². The highest BCUT2D eigenvalue weighted by atomic mass is 16.5. The van der Waals surface area contributed by atoms with Crippen LogP contribution in [-0.4, -0.2) is 46.6 Å². The van der Waals surface area contributed by atoms with E-state index in [9.17, 15) is 14.4 Å². The molecule has 1 saturated heterocycles. The number of hydrogen-bond acceptors (Lipinski definition) is 5. The zero-order valence-corrected chi connectivity index (χ0v) is 18.7. The van der Waals surface area contributed by atoms with Gasteiger partial charge in [-0.25, -0.2) is 4.79 Å². The number of methoxy groups -OCH3 is 1. The third kappa shape index (κ3) is 4.12. The van der Waals surface area contributed by atoms with Gasteiger partial charge in [0.1, 0.15) is 17.1 Å². The molecule has 1 fully saturated rings. The van der Waals surface area contributed by atoms with Crippen LogP contribution in [0, 0.1) is 5.92 Å². The van der Waals surface area contributed by atoms with E-state index in [2.05, 4.69) is 15.6 Å². The largest absolute Gasteiger partial charge is 0.495 e. The maximum Gasteiger partial charge on any atom is 0.323 e. The molecule has 2 atom stereocenters. The quantitative estimate of drug-likeness (QED) is 0.624. The maximum atomic E-state index is 13.2. The fourth-order valence-corrected chi connectivity index (χ4v) is 4.88. The Kier molecular flexibility index (Phi) is 5.75. The van der Waals surface area contributed by atoms with Crippen LogP contribution in [0.1, 0.15) is 28.5 Å². The number of anilines is 2. The van der Waals surface area contributed by atoms with Gasteiger partial charge in [-0.2, -0.15) is 0 Å². The van der Waals surface area contributed by atoms with E-state index in [1.54, 1.807) is 59.3 Å². The first-order valence-electron chi connectivity index (χ1n) is 11.2. The van der Waals surface area contributed by atoms with Crippen LogP contribution in [0.5, 0.6) is 5.75 Å². The Morgan fingerprint density at radius 3 is 2.56 bits per heavy atom. The Morgan fingerprint density at radius 1 is 0.971 bits per heavy atom. The molecule has 34 heavy (non-hydrogen) atoms. The van der Waals surface area contributed by atoms with Gasteiger partial charge in [0.05, 0.1) is 12.8 Å². The summed E-state index contributed by atoms with van der Waals surface area (Å²) in [6.07, 6.45) is 2.54. The Hall–Kier alpha value is -4.14. The minimum Gasteiger partial charge on any atom is -0.495 e. The van der Waals surface area contributed by atoms with Crippen molar-refractivity contribution in [3.05, 3.63) is 82.5 Å². The number of amides is 3. The average molecular weight is 460 g/mol. The zero-order valence-electron chi connectivity index (χ0n) is 18.7. The lowest BCUT2D eigenvalue weighted by atomic mass is 9.83. The summed E-state index contributed by atoms with van der Waals surface area (Å²) in [7, 11) is 1.52. The van der Waals surface area contributed by atoms with Gasteiger partial charge in [0.15, 0.2) is 0 Å². The number of nitrogens with zero attached hydrogens (tertiary/aromatic N) is 3. The molecule has 2 aromatic heterocycles. The number of benzene rings is 1. The van der Waals surface area contributed by atoms with Crippen molar-refractivity contribution in [1.29, 1.82) is 0 Å². The van der Waals surface area contributed by atoms with E-state index in [1.807, 2.05) is 11.0 Å². The number of para-hydroxylation sites is 2. The molecule has 174 valence electrons. The normalized spacial score (nSPS) is 18.6. The van der Waals surface area contributed by atoms with E-state index in [0.717, 1.165) is 12.1 Å². The fraction of sp³-hybridized carbons (Fsp3) is 0.280. The van der Waals surface area contributed by atoms with Crippen molar-refractivity contribution in [2.24, 2.45) is 5.92 Å². The molecule has 9 heteroatoms. The standard InChI is InChI=1S/C25H25N5O4/c1-34-22-8-3-2-6-18(22)27-25(33)28-20-9-10-21-17-12-16(14-30(21)24(20)32)13-29(15-17)23(31)19-7-4-5-11-26-19/h2-11,16-17H,12-15H2,1H3,(H2,27,28,33)/t16-,17+/m0/s1. The van der Waals surface area contributed by atoms with Crippen molar-refractivity contribution in [3.63, 3.8) is 0 Å². The molecule has 3 amide bonds. The third-order valence-corrected chi connectivity index (χ3v) is 6.38. The highest BCUT2D eigenvalue weighted by molar-refractivity contribution is 6.00. The van der Waals surface area contributed by atoms with E-state index in [1.165, 1.54) is 7.11 Å². The minimum absolute atomic E-state index is 0.0596. The first-order chi connectivity index (χ1) is 16.5. The molecule has 5 rings (SSSR count). The summed E-state index contributed by atoms with van der Waals surface area (Å²) in [4.78, 5) is 44.7. The summed E-state index contributed by atoms with van der Waals surface area (Å²) in [6.45, 7) is 1.61. The number of carbonyl (C=O) groups is 2. The van der Waals surface area contributed by atoms with E-state index >= 15 is 0 Å². The van der Waals surface area contributed by atoms with E-state index in [4.69, 9.17) is 4.74 Å². The molecule has 1 aromatic carbocycles. The number of likely N-dealkylation sites (tertiary alicyclic amines) is 1. The molecule has 2 bridgehead atoms. The van der Waals surface area contributed by atoms with Gasteiger partial charge >= 0.3 is 6.03 Å². The summed E-state index contributed by atoms with van der Waals surface area (Å²) >= 11 is 0. The third-order valence-electron chi connectivity index (χ3n) is 6.38.